The van der Waals surface area contributed by atoms with Gasteiger partial charge in [0.2, 0.25) is 0 Å². The molecule has 0 amide bonds. The number of hydrogen-bond donors (Lipinski definition) is 1. The van der Waals surface area contributed by atoms with Gasteiger partial charge in [-0.15, -0.1) is 0 Å². The monoisotopic (exact) mass is 187 g/mol. The first kappa shape index (κ1) is 10.7. The van der Waals surface area contributed by atoms with E-state index in [1.54, 1.807) is 0 Å². The Kier molecular flexibility index (Phi) is 4.14. The second-order valence-electron chi connectivity index (χ2n) is 3.15. The summed E-state index contributed by atoms with van der Waals surface area (Å²) < 4.78 is 0. The van der Waals surface area contributed by atoms with Gasteiger partial charge < -0.3 is 5.32 Å². The summed E-state index contributed by atoms with van der Waals surface area (Å²) in [6, 6.07) is 6.31. The van der Waals surface area contributed by atoms with Crippen molar-refractivity contribution in [2.45, 2.75) is 13.5 Å². The van der Waals surface area contributed by atoms with Gasteiger partial charge in [-0.3, -0.25) is 0 Å². The topological polar surface area (TPSA) is 12.0 Å². The lowest BCUT2D eigenvalue weighted by Gasteiger charge is -2.08. The first-order chi connectivity index (χ1) is 6.83. The van der Waals surface area contributed by atoms with Gasteiger partial charge in [0.25, 0.3) is 0 Å². The van der Waals surface area contributed by atoms with Gasteiger partial charge in [0.15, 0.2) is 0 Å². The van der Waals surface area contributed by atoms with Crippen LogP contribution in [0.5, 0.6) is 0 Å². The Bertz CT molecular complexity index is 337. The lowest BCUT2D eigenvalue weighted by Crippen LogP contribution is -2.06. The molecule has 0 unspecified atom stereocenters. The van der Waals surface area contributed by atoms with Crippen molar-refractivity contribution in [3.05, 3.63) is 47.5 Å². The lowest BCUT2D eigenvalue weighted by atomic mass is 10.0. The number of benzene rings is 1. The number of nitrogens with one attached hydrogen (secondary N) is 1. The van der Waals surface area contributed by atoms with Crippen molar-refractivity contribution in [1.29, 1.82) is 0 Å². The fourth-order valence-electron chi connectivity index (χ4n) is 1.55. The van der Waals surface area contributed by atoms with Crippen LogP contribution in [0.3, 0.4) is 0 Å². The molecule has 1 aromatic rings. The molecule has 14 heavy (non-hydrogen) atoms. The Balaban J connectivity index is 3.17. The van der Waals surface area contributed by atoms with Crippen LogP contribution in [0.2, 0.25) is 0 Å². The van der Waals surface area contributed by atoms with Crippen LogP contribution in [0.1, 0.15) is 23.6 Å². The Morgan fingerprint density at radius 1 is 1.43 bits per heavy atom. The summed E-state index contributed by atoms with van der Waals surface area (Å²) in [5.74, 6) is 0. The molecule has 1 rings (SSSR count). The quantitative estimate of drug-likeness (QED) is 0.763. The largest absolute Gasteiger partial charge is 0.316 e. The number of allylic oxidation sites excluding steroid dienone is 1. The second-order valence-corrected chi connectivity index (χ2v) is 3.15. The summed E-state index contributed by atoms with van der Waals surface area (Å²) in [5.41, 5.74) is 3.74. The van der Waals surface area contributed by atoms with Crippen LogP contribution in [0.4, 0.5) is 0 Å². The number of hydrogen-bond acceptors (Lipinski definition) is 1. The van der Waals surface area contributed by atoms with E-state index in [1.807, 2.05) is 26.1 Å². The van der Waals surface area contributed by atoms with Crippen molar-refractivity contribution >= 4 is 12.2 Å². The van der Waals surface area contributed by atoms with Crippen molar-refractivity contribution < 1.29 is 0 Å². The molecular weight excluding hydrogens is 170 g/mol. The maximum atomic E-state index is 3.86. The van der Waals surface area contributed by atoms with E-state index in [-0.39, 0.29) is 0 Å². The standard InChI is InChI=1S/C13H17N/c1-4-7-11-8-6-9-12(10-14-3)13(11)5-2/h4-9,14H,2,10H2,1,3H3/b7-4-. The molecule has 0 aromatic heterocycles. The predicted molar refractivity (Wildman–Crippen MR) is 64.0 cm³/mol. The summed E-state index contributed by atoms with van der Waals surface area (Å²) in [5, 5.41) is 3.16. The maximum absolute atomic E-state index is 3.86. The minimum atomic E-state index is 0.882. The molecule has 0 saturated heterocycles. The summed E-state index contributed by atoms with van der Waals surface area (Å²) in [4.78, 5) is 0. The molecule has 0 radical (unpaired) electrons. The van der Waals surface area contributed by atoms with Gasteiger partial charge >= 0.3 is 0 Å². The van der Waals surface area contributed by atoms with Crippen molar-refractivity contribution in [2.75, 3.05) is 7.05 Å². The van der Waals surface area contributed by atoms with E-state index in [2.05, 4.69) is 36.2 Å². The van der Waals surface area contributed by atoms with Crippen LogP contribution in [0.25, 0.3) is 12.2 Å². The molecule has 0 heterocycles. The highest BCUT2D eigenvalue weighted by atomic mass is 14.8. The van der Waals surface area contributed by atoms with Gasteiger partial charge in [-0.2, -0.15) is 0 Å². The Labute approximate surface area is 86.2 Å². The molecule has 0 saturated carbocycles. The van der Waals surface area contributed by atoms with E-state index < -0.39 is 0 Å². The Morgan fingerprint density at radius 3 is 2.79 bits per heavy atom. The molecule has 1 N–H and O–H groups in total. The molecule has 0 atom stereocenters. The van der Waals surface area contributed by atoms with Crippen molar-refractivity contribution in [3.63, 3.8) is 0 Å². The van der Waals surface area contributed by atoms with Gasteiger partial charge in [-0.05, 0) is 30.7 Å². The first-order valence-electron chi connectivity index (χ1n) is 4.85. The molecule has 1 nitrogen and oxygen atoms in total. The van der Waals surface area contributed by atoms with Crippen molar-refractivity contribution in [1.82, 2.24) is 5.32 Å². The average molecular weight is 187 g/mol. The molecule has 0 spiro atoms. The zero-order valence-corrected chi connectivity index (χ0v) is 8.88. The highest BCUT2D eigenvalue weighted by Gasteiger charge is 2.01. The summed E-state index contributed by atoms with van der Waals surface area (Å²) >= 11 is 0. The molecule has 1 heteroatoms. The molecule has 0 fully saturated rings. The number of rotatable bonds is 4. The zero-order valence-electron chi connectivity index (χ0n) is 8.88. The van der Waals surface area contributed by atoms with Crippen molar-refractivity contribution in [2.24, 2.45) is 0 Å². The molecule has 0 aliphatic rings. The Hall–Kier alpha value is -1.34. The fraction of sp³-hybridized carbons (Fsp3) is 0.231. The third kappa shape index (κ3) is 2.33. The second kappa shape index (κ2) is 5.40. The van der Waals surface area contributed by atoms with Crippen LogP contribution in [-0.2, 0) is 6.54 Å². The zero-order chi connectivity index (χ0) is 10.4. The lowest BCUT2D eigenvalue weighted by molar-refractivity contribution is 0.816. The smallest absolute Gasteiger partial charge is 0.0208 e. The van der Waals surface area contributed by atoms with Crippen LogP contribution < -0.4 is 5.32 Å². The average Bonchev–Trinajstić information content (AvgIpc) is 2.19. The van der Waals surface area contributed by atoms with Crippen LogP contribution in [0, 0.1) is 0 Å². The van der Waals surface area contributed by atoms with E-state index >= 15 is 0 Å². The van der Waals surface area contributed by atoms with E-state index in [0.29, 0.717) is 0 Å². The molecular formula is C13H17N. The van der Waals surface area contributed by atoms with Crippen LogP contribution in [-0.4, -0.2) is 7.05 Å². The first-order valence-corrected chi connectivity index (χ1v) is 4.85. The highest BCUT2D eigenvalue weighted by Crippen LogP contribution is 2.17. The van der Waals surface area contributed by atoms with Crippen LogP contribution in [0.15, 0.2) is 30.9 Å². The van der Waals surface area contributed by atoms with Gasteiger partial charge in [0.1, 0.15) is 0 Å². The summed E-state index contributed by atoms with van der Waals surface area (Å²) in [6.45, 7) is 6.76. The molecule has 1 aromatic carbocycles. The van der Waals surface area contributed by atoms with E-state index in [9.17, 15) is 0 Å². The molecule has 0 aliphatic heterocycles. The van der Waals surface area contributed by atoms with E-state index in [0.717, 1.165) is 6.54 Å². The minimum Gasteiger partial charge on any atom is -0.316 e. The normalized spacial score (nSPS) is 10.7. The SMILES string of the molecule is C=Cc1c(/C=C\C)cccc1CNC. The van der Waals surface area contributed by atoms with Crippen molar-refractivity contribution in [3.8, 4) is 0 Å². The molecule has 0 bridgehead atoms. The molecule has 74 valence electrons. The minimum absolute atomic E-state index is 0.882. The summed E-state index contributed by atoms with van der Waals surface area (Å²) in [7, 11) is 1.95. The van der Waals surface area contributed by atoms with Crippen LogP contribution >= 0.6 is 0 Å². The molecule has 0 aliphatic carbocycles. The van der Waals surface area contributed by atoms with E-state index in [1.165, 1.54) is 16.7 Å². The van der Waals surface area contributed by atoms with Gasteiger partial charge in [-0.25, -0.2) is 0 Å². The third-order valence-electron chi connectivity index (χ3n) is 2.15. The van der Waals surface area contributed by atoms with E-state index in [4.69, 9.17) is 0 Å². The van der Waals surface area contributed by atoms with Gasteiger partial charge in [-0.1, -0.05) is 43.0 Å². The van der Waals surface area contributed by atoms with Gasteiger partial charge in [0, 0.05) is 6.54 Å². The Morgan fingerprint density at radius 2 is 2.21 bits per heavy atom. The van der Waals surface area contributed by atoms with Gasteiger partial charge in [0.05, 0.1) is 0 Å². The fourth-order valence-corrected chi connectivity index (χ4v) is 1.55. The maximum Gasteiger partial charge on any atom is 0.0208 e. The summed E-state index contributed by atoms with van der Waals surface area (Å²) in [6.07, 6.45) is 6.07. The highest BCUT2D eigenvalue weighted by molar-refractivity contribution is 5.67. The third-order valence-corrected chi connectivity index (χ3v) is 2.15. The predicted octanol–water partition coefficient (Wildman–Crippen LogP) is 3.08.